The third-order valence-corrected chi connectivity index (χ3v) is 2.65. The van der Waals surface area contributed by atoms with Gasteiger partial charge >= 0.3 is 0 Å². The van der Waals surface area contributed by atoms with Gasteiger partial charge in [0.1, 0.15) is 11.6 Å². The molecule has 0 aliphatic heterocycles. The van der Waals surface area contributed by atoms with Crippen LogP contribution in [0, 0.1) is 11.6 Å². The lowest BCUT2D eigenvalue weighted by Gasteiger charge is -2.09. The second kappa shape index (κ2) is 5.04. The number of rotatable bonds is 3. The molecule has 2 aromatic rings. The van der Waals surface area contributed by atoms with Gasteiger partial charge in [0.05, 0.1) is 14.2 Å². The molecule has 94 valence electrons. The van der Waals surface area contributed by atoms with Crippen molar-refractivity contribution < 1.29 is 18.3 Å². The molecule has 0 aromatic heterocycles. The van der Waals surface area contributed by atoms with Crippen LogP contribution in [0.2, 0.25) is 0 Å². The second-order valence-electron chi connectivity index (χ2n) is 3.67. The fourth-order valence-corrected chi connectivity index (χ4v) is 1.72. The van der Waals surface area contributed by atoms with Gasteiger partial charge in [-0.2, -0.15) is 0 Å². The highest BCUT2D eigenvalue weighted by Gasteiger charge is 2.14. The van der Waals surface area contributed by atoms with Crippen molar-refractivity contribution in [3.63, 3.8) is 0 Å². The summed E-state index contributed by atoms with van der Waals surface area (Å²) in [6.07, 6.45) is 0. The average Bonchev–Trinajstić information content (AvgIpc) is 2.39. The minimum absolute atomic E-state index is 0.0859. The van der Waals surface area contributed by atoms with Gasteiger partial charge in [0, 0.05) is 17.2 Å². The van der Waals surface area contributed by atoms with Crippen LogP contribution in [0.1, 0.15) is 0 Å². The summed E-state index contributed by atoms with van der Waals surface area (Å²) in [6, 6.07) is 8.88. The maximum absolute atomic E-state index is 14.0. The number of methoxy groups -OCH3 is 2. The Labute approximate surface area is 104 Å². The molecule has 0 heterocycles. The van der Waals surface area contributed by atoms with Gasteiger partial charge in [-0.1, -0.05) is 12.1 Å². The zero-order chi connectivity index (χ0) is 13.1. The van der Waals surface area contributed by atoms with Gasteiger partial charge in [-0.25, -0.2) is 8.78 Å². The third kappa shape index (κ3) is 2.14. The number of halogens is 2. The summed E-state index contributed by atoms with van der Waals surface area (Å²) in [6.45, 7) is 0. The Balaban J connectivity index is 2.55. The summed E-state index contributed by atoms with van der Waals surface area (Å²) in [5.74, 6) is -0.646. The van der Waals surface area contributed by atoms with E-state index in [0.717, 1.165) is 0 Å². The average molecular weight is 250 g/mol. The van der Waals surface area contributed by atoms with Gasteiger partial charge in [0.2, 0.25) is 0 Å². The predicted molar refractivity (Wildman–Crippen MR) is 64.9 cm³/mol. The van der Waals surface area contributed by atoms with Crippen molar-refractivity contribution in [2.24, 2.45) is 0 Å². The quantitative estimate of drug-likeness (QED) is 0.827. The number of hydrogen-bond donors (Lipinski definition) is 0. The van der Waals surface area contributed by atoms with Crippen LogP contribution in [0.25, 0.3) is 11.1 Å². The topological polar surface area (TPSA) is 18.5 Å². The van der Waals surface area contributed by atoms with Gasteiger partial charge in [-0.15, -0.1) is 0 Å². The van der Waals surface area contributed by atoms with Crippen LogP contribution in [0.3, 0.4) is 0 Å². The summed E-state index contributed by atoms with van der Waals surface area (Å²) in [7, 11) is 2.81. The highest BCUT2D eigenvalue weighted by Crippen LogP contribution is 2.32. The zero-order valence-electron chi connectivity index (χ0n) is 10.0. The Hall–Kier alpha value is -2.10. The van der Waals surface area contributed by atoms with E-state index in [1.54, 1.807) is 12.1 Å². The van der Waals surface area contributed by atoms with Crippen LogP contribution in [-0.2, 0) is 0 Å². The highest BCUT2D eigenvalue weighted by molar-refractivity contribution is 5.67. The predicted octanol–water partition coefficient (Wildman–Crippen LogP) is 3.65. The van der Waals surface area contributed by atoms with Crippen LogP contribution in [0.5, 0.6) is 11.5 Å². The first kappa shape index (κ1) is 12.4. The van der Waals surface area contributed by atoms with E-state index in [1.807, 2.05) is 0 Å². The third-order valence-electron chi connectivity index (χ3n) is 2.65. The number of hydrogen-bond acceptors (Lipinski definition) is 2. The standard InChI is InChI=1S/C14H12F2O2/c1-17-9-6-7-10(12(15)8-9)11-4-3-5-13(18-2)14(11)16/h3-8H,1-2H3. The molecule has 0 aliphatic rings. The van der Waals surface area contributed by atoms with Gasteiger partial charge < -0.3 is 9.47 Å². The minimum atomic E-state index is -0.580. The fraction of sp³-hybridized carbons (Fsp3) is 0.143. The van der Waals surface area contributed by atoms with Gasteiger partial charge in [-0.05, 0) is 18.2 Å². The Kier molecular flexibility index (Phi) is 3.46. The first-order valence-electron chi connectivity index (χ1n) is 5.33. The zero-order valence-corrected chi connectivity index (χ0v) is 10.0. The van der Waals surface area contributed by atoms with Gasteiger partial charge in [0.15, 0.2) is 11.6 Å². The van der Waals surface area contributed by atoms with Gasteiger partial charge in [0.25, 0.3) is 0 Å². The Morgan fingerprint density at radius 2 is 1.67 bits per heavy atom. The largest absolute Gasteiger partial charge is 0.497 e. The molecule has 4 heteroatoms. The Morgan fingerprint density at radius 3 is 2.28 bits per heavy atom. The van der Waals surface area contributed by atoms with Crippen molar-refractivity contribution in [2.45, 2.75) is 0 Å². The van der Waals surface area contributed by atoms with E-state index in [2.05, 4.69) is 0 Å². The summed E-state index contributed by atoms with van der Waals surface area (Å²) in [4.78, 5) is 0. The van der Waals surface area contributed by atoms with E-state index in [4.69, 9.17) is 9.47 Å². The first-order chi connectivity index (χ1) is 8.67. The van der Waals surface area contributed by atoms with Crippen LogP contribution in [-0.4, -0.2) is 14.2 Å². The smallest absolute Gasteiger partial charge is 0.172 e. The van der Waals surface area contributed by atoms with Gasteiger partial charge in [-0.3, -0.25) is 0 Å². The highest BCUT2D eigenvalue weighted by atomic mass is 19.1. The van der Waals surface area contributed by atoms with Crippen molar-refractivity contribution in [3.05, 3.63) is 48.0 Å². The molecular weight excluding hydrogens is 238 g/mol. The molecule has 2 nitrogen and oxygen atoms in total. The normalized spacial score (nSPS) is 10.2. The minimum Gasteiger partial charge on any atom is -0.497 e. The SMILES string of the molecule is COc1ccc(-c2cccc(OC)c2F)c(F)c1. The lowest BCUT2D eigenvalue weighted by Crippen LogP contribution is -1.94. The molecule has 2 rings (SSSR count). The van der Waals surface area contributed by atoms with Crippen molar-refractivity contribution in [2.75, 3.05) is 14.2 Å². The molecule has 2 aromatic carbocycles. The lowest BCUT2D eigenvalue weighted by molar-refractivity contribution is 0.387. The molecular formula is C14H12F2O2. The maximum Gasteiger partial charge on any atom is 0.172 e. The molecule has 0 N–H and O–H groups in total. The van der Waals surface area contributed by atoms with E-state index >= 15 is 0 Å². The van der Waals surface area contributed by atoms with Crippen molar-refractivity contribution in [3.8, 4) is 22.6 Å². The van der Waals surface area contributed by atoms with Crippen LogP contribution in [0.4, 0.5) is 8.78 Å². The summed E-state index contributed by atoms with van der Waals surface area (Å²) in [5.41, 5.74) is 0.335. The lowest BCUT2D eigenvalue weighted by atomic mass is 10.0. The van der Waals surface area contributed by atoms with Crippen molar-refractivity contribution in [1.82, 2.24) is 0 Å². The molecule has 0 amide bonds. The van der Waals surface area contributed by atoms with E-state index in [1.165, 1.54) is 38.5 Å². The Morgan fingerprint density at radius 1 is 0.889 bits per heavy atom. The van der Waals surface area contributed by atoms with Crippen molar-refractivity contribution in [1.29, 1.82) is 0 Å². The molecule has 0 saturated heterocycles. The molecule has 0 aliphatic carbocycles. The molecule has 0 radical (unpaired) electrons. The molecule has 0 atom stereocenters. The number of ether oxygens (including phenoxy) is 2. The van der Waals surface area contributed by atoms with E-state index < -0.39 is 11.6 Å². The summed E-state index contributed by atoms with van der Waals surface area (Å²) < 4.78 is 37.6. The van der Waals surface area contributed by atoms with Crippen molar-refractivity contribution >= 4 is 0 Å². The molecule has 18 heavy (non-hydrogen) atoms. The molecule has 0 unspecified atom stereocenters. The monoisotopic (exact) mass is 250 g/mol. The molecule has 0 fully saturated rings. The number of benzene rings is 2. The second-order valence-corrected chi connectivity index (χ2v) is 3.67. The van der Waals surface area contributed by atoms with E-state index in [0.29, 0.717) is 5.75 Å². The van der Waals surface area contributed by atoms with E-state index in [9.17, 15) is 8.78 Å². The van der Waals surface area contributed by atoms with E-state index in [-0.39, 0.29) is 16.9 Å². The molecule has 0 bridgehead atoms. The van der Waals surface area contributed by atoms with Crippen LogP contribution < -0.4 is 9.47 Å². The molecule has 0 spiro atoms. The molecule has 0 saturated carbocycles. The Bertz CT molecular complexity index is 568. The van der Waals surface area contributed by atoms with Crippen LogP contribution in [0.15, 0.2) is 36.4 Å². The summed E-state index contributed by atoms with van der Waals surface area (Å²) >= 11 is 0. The summed E-state index contributed by atoms with van der Waals surface area (Å²) in [5, 5.41) is 0. The maximum atomic E-state index is 14.0. The van der Waals surface area contributed by atoms with Crippen LogP contribution >= 0.6 is 0 Å². The first-order valence-corrected chi connectivity index (χ1v) is 5.33. The fourth-order valence-electron chi connectivity index (χ4n) is 1.72.